The van der Waals surface area contributed by atoms with Gasteiger partial charge in [-0.25, -0.2) is 4.98 Å². The largest absolute Gasteiger partial charge is 0.363 e. The van der Waals surface area contributed by atoms with Gasteiger partial charge in [-0.15, -0.1) is 0 Å². The minimum Gasteiger partial charge on any atom is -0.363 e. The summed E-state index contributed by atoms with van der Waals surface area (Å²) in [7, 11) is 1.05. The molecular weight excluding hydrogens is 260 g/mol. The highest BCUT2D eigenvalue weighted by molar-refractivity contribution is 6.80. The molecule has 0 spiro atoms. The van der Waals surface area contributed by atoms with Gasteiger partial charge < -0.3 is 4.90 Å². The van der Waals surface area contributed by atoms with Gasteiger partial charge in [0.15, 0.2) is 0 Å². The highest BCUT2D eigenvalue weighted by Gasteiger charge is 2.28. The molecule has 0 bridgehead atoms. The van der Waals surface area contributed by atoms with Crippen LogP contribution in [0.1, 0.15) is 20.8 Å². The molecule has 0 amide bonds. The molecule has 1 heterocycles. The summed E-state index contributed by atoms with van der Waals surface area (Å²) in [6.07, 6.45) is 3.20. The molecule has 0 saturated heterocycles. The molecule has 0 fully saturated rings. The van der Waals surface area contributed by atoms with Crippen molar-refractivity contribution in [3.05, 3.63) is 36.5 Å². The summed E-state index contributed by atoms with van der Waals surface area (Å²) >= 11 is 0. The maximum Gasteiger partial charge on any atom is 0.128 e. The molecular formula is C17H26N2Si. The monoisotopic (exact) mass is 286 g/mol. The maximum atomic E-state index is 4.64. The number of benzene rings is 1. The molecule has 1 aromatic carbocycles. The minimum absolute atomic E-state index is 1.11. The molecule has 0 aliphatic heterocycles. The first-order valence-electron chi connectivity index (χ1n) is 7.70. The molecule has 0 saturated carbocycles. The van der Waals surface area contributed by atoms with Gasteiger partial charge in [0.2, 0.25) is 0 Å². The predicted octanol–water partition coefficient (Wildman–Crippen LogP) is 4.72. The third kappa shape index (κ3) is 3.03. The van der Waals surface area contributed by atoms with Crippen LogP contribution in [0.15, 0.2) is 36.5 Å². The molecule has 1 aromatic heterocycles. The highest BCUT2D eigenvalue weighted by Crippen LogP contribution is 2.24. The van der Waals surface area contributed by atoms with Crippen LogP contribution < -0.4 is 4.90 Å². The summed E-state index contributed by atoms with van der Waals surface area (Å²) in [6.45, 7) is 7.09. The molecule has 20 heavy (non-hydrogen) atoms. The first-order valence-corrected chi connectivity index (χ1v) is 10.5. The first kappa shape index (κ1) is 15.0. The van der Waals surface area contributed by atoms with Gasteiger partial charge in [-0.3, -0.25) is 0 Å². The molecule has 2 aromatic rings. The number of nitrogens with zero attached hydrogens (tertiary/aromatic N) is 2. The van der Waals surface area contributed by atoms with E-state index in [0.717, 1.165) is 5.82 Å². The molecule has 108 valence electrons. The Bertz CT molecular complexity index is 555. The standard InChI is InChI=1S/C17H26N2Si/c1-5-20(6-2,7-3)14-19(4)17-12-15-10-8-9-11-16(15)13-18-17/h8-13H,5-7,14H2,1-4H3. The number of rotatable bonds is 6. The van der Waals surface area contributed by atoms with Gasteiger partial charge in [-0.05, 0) is 11.5 Å². The number of fused-ring (bicyclic) bond motifs is 1. The van der Waals surface area contributed by atoms with Gasteiger partial charge in [0.05, 0.1) is 8.07 Å². The average Bonchev–Trinajstić information content (AvgIpc) is 2.52. The molecule has 0 radical (unpaired) electrons. The number of aromatic nitrogens is 1. The lowest BCUT2D eigenvalue weighted by molar-refractivity contribution is 0.976. The highest BCUT2D eigenvalue weighted by atomic mass is 28.3. The lowest BCUT2D eigenvalue weighted by Crippen LogP contribution is -2.44. The maximum absolute atomic E-state index is 4.64. The van der Waals surface area contributed by atoms with Crippen LogP contribution in [0.5, 0.6) is 0 Å². The summed E-state index contributed by atoms with van der Waals surface area (Å²) in [5.41, 5.74) is 0. The van der Waals surface area contributed by atoms with Crippen molar-refractivity contribution < 1.29 is 0 Å². The van der Waals surface area contributed by atoms with Crippen molar-refractivity contribution in [3.63, 3.8) is 0 Å². The zero-order valence-electron chi connectivity index (χ0n) is 13.2. The predicted molar refractivity (Wildman–Crippen MR) is 92.2 cm³/mol. The van der Waals surface area contributed by atoms with Crippen molar-refractivity contribution in [1.29, 1.82) is 0 Å². The molecule has 0 unspecified atom stereocenters. The smallest absolute Gasteiger partial charge is 0.128 e. The third-order valence-electron chi connectivity index (χ3n) is 4.83. The summed E-state index contributed by atoms with van der Waals surface area (Å²) < 4.78 is 0. The Hall–Kier alpha value is -1.35. The fraction of sp³-hybridized carbons (Fsp3) is 0.471. The summed E-state index contributed by atoms with van der Waals surface area (Å²) in [5.74, 6) is 1.11. The van der Waals surface area contributed by atoms with E-state index >= 15 is 0 Å². The lowest BCUT2D eigenvalue weighted by Gasteiger charge is -2.33. The Morgan fingerprint density at radius 1 is 1.00 bits per heavy atom. The van der Waals surface area contributed by atoms with E-state index in [2.05, 4.69) is 68.0 Å². The quantitative estimate of drug-likeness (QED) is 0.714. The number of pyridine rings is 1. The molecule has 0 atom stereocenters. The third-order valence-corrected chi connectivity index (χ3v) is 10.5. The fourth-order valence-electron chi connectivity index (χ4n) is 2.95. The Labute approximate surface area is 123 Å². The van der Waals surface area contributed by atoms with E-state index < -0.39 is 8.07 Å². The van der Waals surface area contributed by atoms with E-state index in [1.807, 2.05) is 6.20 Å². The molecule has 2 nitrogen and oxygen atoms in total. The van der Waals surface area contributed by atoms with E-state index in [4.69, 9.17) is 0 Å². The second-order valence-corrected chi connectivity index (χ2v) is 11.2. The van der Waals surface area contributed by atoms with Crippen molar-refractivity contribution >= 4 is 24.7 Å². The molecule has 0 aliphatic carbocycles. The van der Waals surface area contributed by atoms with Crippen LogP contribution >= 0.6 is 0 Å². The van der Waals surface area contributed by atoms with Crippen LogP contribution in [-0.4, -0.2) is 26.3 Å². The van der Waals surface area contributed by atoms with Gasteiger partial charge in [-0.2, -0.15) is 0 Å². The Balaban J connectivity index is 2.24. The normalized spacial score (nSPS) is 11.8. The molecule has 3 heteroatoms. The Kier molecular flexibility index (Phi) is 4.81. The van der Waals surface area contributed by atoms with Crippen LogP contribution in [0.2, 0.25) is 18.1 Å². The van der Waals surface area contributed by atoms with Crippen LogP contribution in [0.3, 0.4) is 0 Å². The van der Waals surface area contributed by atoms with E-state index in [1.165, 1.54) is 35.1 Å². The van der Waals surface area contributed by atoms with E-state index in [0.29, 0.717) is 0 Å². The van der Waals surface area contributed by atoms with Crippen molar-refractivity contribution in [3.8, 4) is 0 Å². The van der Waals surface area contributed by atoms with Crippen LogP contribution in [0.25, 0.3) is 10.8 Å². The van der Waals surface area contributed by atoms with Crippen molar-refractivity contribution in [1.82, 2.24) is 4.98 Å². The molecule has 0 N–H and O–H groups in total. The molecule has 2 rings (SSSR count). The van der Waals surface area contributed by atoms with Crippen molar-refractivity contribution in [2.75, 3.05) is 18.1 Å². The summed E-state index contributed by atoms with van der Waals surface area (Å²) in [6, 6.07) is 14.7. The van der Waals surface area contributed by atoms with Gasteiger partial charge in [-0.1, -0.05) is 63.2 Å². The summed E-state index contributed by atoms with van der Waals surface area (Å²) in [5, 5.41) is 2.50. The zero-order chi connectivity index (χ0) is 14.6. The second-order valence-electron chi connectivity index (χ2n) is 5.81. The lowest BCUT2D eigenvalue weighted by atomic mass is 10.2. The minimum atomic E-state index is -1.14. The first-order chi connectivity index (χ1) is 9.64. The topological polar surface area (TPSA) is 16.1 Å². The fourth-order valence-corrected chi connectivity index (χ4v) is 6.29. The average molecular weight is 286 g/mol. The van der Waals surface area contributed by atoms with E-state index in [1.54, 1.807) is 0 Å². The van der Waals surface area contributed by atoms with Crippen LogP contribution in [-0.2, 0) is 0 Å². The van der Waals surface area contributed by atoms with Crippen molar-refractivity contribution in [2.24, 2.45) is 0 Å². The van der Waals surface area contributed by atoms with E-state index in [-0.39, 0.29) is 0 Å². The zero-order valence-corrected chi connectivity index (χ0v) is 14.2. The molecule has 0 aliphatic rings. The Morgan fingerprint density at radius 3 is 2.20 bits per heavy atom. The van der Waals surface area contributed by atoms with Gasteiger partial charge in [0.1, 0.15) is 5.82 Å². The summed E-state index contributed by atoms with van der Waals surface area (Å²) in [4.78, 5) is 7.01. The van der Waals surface area contributed by atoms with Crippen LogP contribution in [0, 0.1) is 0 Å². The second kappa shape index (κ2) is 6.40. The number of hydrogen-bond donors (Lipinski definition) is 0. The number of anilines is 1. The SMILES string of the molecule is CC[Si](CC)(CC)CN(C)c1cc2ccccc2cn1. The van der Waals surface area contributed by atoms with Gasteiger partial charge in [0.25, 0.3) is 0 Å². The Morgan fingerprint density at radius 2 is 1.60 bits per heavy atom. The van der Waals surface area contributed by atoms with Gasteiger partial charge in [0, 0.05) is 24.8 Å². The van der Waals surface area contributed by atoms with E-state index in [9.17, 15) is 0 Å². The van der Waals surface area contributed by atoms with Gasteiger partial charge >= 0.3 is 0 Å². The van der Waals surface area contributed by atoms with Crippen LogP contribution in [0.4, 0.5) is 5.82 Å². The van der Waals surface area contributed by atoms with Crippen molar-refractivity contribution in [2.45, 2.75) is 38.9 Å². The number of hydrogen-bond acceptors (Lipinski definition) is 2.